The van der Waals surface area contributed by atoms with Crippen LogP contribution >= 0.6 is 0 Å². The summed E-state index contributed by atoms with van der Waals surface area (Å²) in [7, 11) is 0. The van der Waals surface area contributed by atoms with Crippen LogP contribution in [0.25, 0.3) is 10.9 Å². The van der Waals surface area contributed by atoms with Gasteiger partial charge in [0.05, 0.1) is 36.3 Å². The zero-order valence-electron chi connectivity index (χ0n) is 19.8. The van der Waals surface area contributed by atoms with Gasteiger partial charge in [-0.3, -0.25) is 14.3 Å². The van der Waals surface area contributed by atoms with E-state index in [1.54, 1.807) is 12.1 Å². The summed E-state index contributed by atoms with van der Waals surface area (Å²) in [5.74, 6) is 0.0776. The Labute approximate surface area is 202 Å². The molecule has 2 aromatic heterocycles. The first-order chi connectivity index (χ1) is 16.7. The minimum Gasteiger partial charge on any atom is -0.397 e. The van der Waals surface area contributed by atoms with Gasteiger partial charge >= 0.3 is 6.18 Å². The van der Waals surface area contributed by atoms with Crippen LogP contribution in [0.3, 0.4) is 0 Å². The van der Waals surface area contributed by atoms with Gasteiger partial charge in [0.15, 0.2) is 0 Å². The van der Waals surface area contributed by atoms with Crippen LogP contribution in [-0.4, -0.2) is 64.8 Å². The van der Waals surface area contributed by atoms with Gasteiger partial charge in [0.1, 0.15) is 0 Å². The van der Waals surface area contributed by atoms with E-state index in [1.165, 1.54) is 4.90 Å². The number of nitrogens with one attached hydrogen (secondary N) is 1. The minimum absolute atomic E-state index is 0.0776. The van der Waals surface area contributed by atoms with Gasteiger partial charge in [-0.2, -0.15) is 13.2 Å². The topological polar surface area (TPSA) is 61.2 Å². The van der Waals surface area contributed by atoms with Gasteiger partial charge in [-0.05, 0) is 56.5 Å². The van der Waals surface area contributed by atoms with Gasteiger partial charge in [0.2, 0.25) is 0 Å². The van der Waals surface area contributed by atoms with Crippen molar-refractivity contribution in [1.82, 2.24) is 19.8 Å². The van der Waals surface area contributed by atoms with Crippen LogP contribution in [0.5, 0.6) is 0 Å². The molecule has 5 rings (SSSR count). The molecule has 1 fully saturated rings. The number of anilines is 1. The standard InChI is InChI=1S/C26H31F4N5/c1-16-13-19-18-5-2-3-6-21(18)32-24(19)25(35(16)15-26(28,29)30)22-8-7-20(31)23(33-22)17-9-12-34(14-17)11-4-10-27/h2-3,5-8,16-17,25,32H,4,9-15,31H2,1H3/t16-,17?,25-/m1/s1. The Hall–Kier alpha value is -2.65. The summed E-state index contributed by atoms with van der Waals surface area (Å²) in [6, 6.07) is 10.4. The number of pyridine rings is 1. The summed E-state index contributed by atoms with van der Waals surface area (Å²) in [6.07, 6.45) is -2.47. The van der Waals surface area contributed by atoms with Crippen molar-refractivity contribution in [2.45, 2.75) is 50.4 Å². The van der Waals surface area contributed by atoms with Crippen LogP contribution in [0.1, 0.15) is 54.4 Å². The number of halogens is 4. The number of aromatic amines is 1. The second-order valence-corrected chi connectivity index (χ2v) is 9.85. The highest BCUT2D eigenvalue weighted by molar-refractivity contribution is 5.85. The Kier molecular flexibility index (Phi) is 6.48. The van der Waals surface area contributed by atoms with E-state index < -0.39 is 18.8 Å². The molecule has 9 heteroatoms. The number of likely N-dealkylation sites (tertiary alicyclic amines) is 1. The molecule has 3 atom stereocenters. The number of nitrogens with zero attached hydrogens (tertiary/aromatic N) is 3. The van der Waals surface area contributed by atoms with Crippen molar-refractivity contribution in [2.75, 3.05) is 38.6 Å². The Morgan fingerprint density at radius 2 is 1.97 bits per heavy atom. The quantitative estimate of drug-likeness (QED) is 0.468. The number of para-hydroxylation sites is 1. The van der Waals surface area contributed by atoms with Crippen LogP contribution in [-0.2, 0) is 6.42 Å². The Morgan fingerprint density at radius 1 is 1.17 bits per heavy atom. The predicted molar refractivity (Wildman–Crippen MR) is 129 cm³/mol. The van der Waals surface area contributed by atoms with Crippen LogP contribution < -0.4 is 5.73 Å². The number of nitrogens with two attached hydrogens (primary N) is 1. The third-order valence-corrected chi connectivity index (χ3v) is 7.41. The van der Waals surface area contributed by atoms with E-state index in [0.717, 1.165) is 47.4 Å². The molecule has 0 radical (unpaired) electrons. The van der Waals surface area contributed by atoms with Crippen molar-refractivity contribution in [3.63, 3.8) is 0 Å². The lowest BCUT2D eigenvalue weighted by Crippen LogP contribution is -2.47. The number of hydrogen-bond donors (Lipinski definition) is 2. The van der Waals surface area contributed by atoms with Crippen molar-refractivity contribution >= 4 is 16.6 Å². The van der Waals surface area contributed by atoms with Crippen molar-refractivity contribution in [1.29, 1.82) is 0 Å². The maximum Gasteiger partial charge on any atom is 0.401 e. The summed E-state index contributed by atoms with van der Waals surface area (Å²) in [5.41, 5.74) is 10.9. The molecule has 1 saturated heterocycles. The number of alkyl halides is 4. The van der Waals surface area contributed by atoms with Gasteiger partial charge in [-0.25, -0.2) is 0 Å². The van der Waals surface area contributed by atoms with Gasteiger partial charge in [-0.15, -0.1) is 0 Å². The molecule has 0 spiro atoms. The van der Waals surface area contributed by atoms with Gasteiger partial charge < -0.3 is 15.6 Å². The average Bonchev–Trinajstić information content (AvgIpc) is 3.43. The van der Waals surface area contributed by atoms with E-state index in [-0.39, 0.29) is 18.6 Å². The molecule has 0 amide bonds. The molecule has 4 heterocycles. The summed E-state index contributed by atoms with van der Waals surface area (Å²) < 4.78 is 53.7. The molecule has 0 bridgehead atoms. The molecule has 1 unspecified atom stereocenters. The second kappa shape index (κ2) is 9.43. The number of hydrogen-bond acceptors (Lipinski definition) is 4. The summed E-state index contributed by atoms with van der Waals surface area (Å²) in [4.78, 5) is 12.0. The Balaban J connectivity index is 1.56. The zero-order chi connectivity index (χ0) is 24.7. The molecular weight excluding hydrogens is 458 g/mol. The lowest BCUT2D eigenvalue weighted by Gasteiger charge is -2.40. The molecule has 0 aliphatic carbocycles. The van der Waals surface area contributed by atoms with E-state index in [9.17, 15) is 17.6 Å². The molecule has 3 aromatic rings. The molecule has 1 aromatic carbocycles. The first-order valence-corrected chi connectivity index (χ1v) is 12.2. The molecule has 35 heavy (non-hydrogen) atoms. The van der Waals surface area contributed by atoms with Crippen LogP contribution in [0, 0.1) is 0 Å². The van der Waals surface area contributed by atoms with E-state index in [2.05, 4.69) is 9.88 Å². The lowest BCUT2D eigenvalue weighted by molar-refractivity contribution is -0.155. The SMILES string of the molecule is C[C@@H]1Cc2c([nH]c3ccccc23)[C@@H](c2ccc(N)c(C3CCN(CCCF)C3)n2)N1CC(F)(F)F. The molecule has 2 aliphatic rings. The van der Waals surface area contributed by atoms with Crippen molar-refractivity contribution in [2.24, 2.45) is 0 Å². The molecular formula is C26H31F4N5. The first kappa shape index (κ1) is 24.1. The van der Waals surface area contributed by atoms with E-state index in [0.29, 0.717) is 30.8 Å². The van der Waals surface area contributed by atoms with Crippen LogP contribution in [0.15, 0.2) is 36.4 Å². The number of rotatable bonds is 6. The largest absolute Gasteiger partial charge is 0.401 e. The van der Waals surface area contributed by atoms with Gasteiger partial charge in [-0.1, -0.05) is 18.2 Å². The first-order valence-electron chi connectivity index (χ1n) is 12.2. The molecule has 5 nitrogen and oxygen atoms in total. The lowest BCUT2D eigenvalue weighted by atomic mass is 9.90. The number of H-pyrrole nitrogens is 1. The summed E-state index contributed by atoms with van der Waals surface area (Å²) in [6.45, 7) is 2.73. The monoisotopic (exact) mass is 489 g/mol. The predicted octanol–water partition coefficient (Wildman–Crippen LogP) is 5.19. The minimum atomic E-state index is -4.34. The third-order valence-electron chi connectivity index (χ3n) is 7.41. The Morgan fingerprint density at radius 3 is 2.74 bits per heavy atom. The smallest absolute Gasteiger partial charge is 0.397 e. The number of benzene rings is 1. The Bertz CT molecular complexity index is 1190. The summed E-state index contributed by atoms with van der Waals surface area (Å²) >= 11 is 0. The average molecular weight is 490 g/mol. The fraction of sp³-hybridized carbons (Fsp3) is 0.500. The summed E-state index contributed by atoms with van der Waals surface area (Å²) in [5, 5.41) is 1.04. The zero-order valence-corrected chi connectivity index (χ0v) is 19.8. The molecule has 3 N–H and O–H groups in total. The highest BCUT2D eigenvalue weighted by atomic mass is 19.4. The van der Waals surface area contributed by atoms with Gasteiger partial charge in [0, 0.05) is 41.6 Å². The van der Waals surface area contributed by atoms with Crippen LogP contribution in [0.4, 0.5) is 23.2 Å². The number of nitrogen functional groups attached to an aromatic ring is 1. The molecule has 188 valence electrons. The van der Waals surface area contributed by atoms with Crippen LogP contribution in [0.2, 0.25) is 0 Å². The number of fused-ring (bicyclic) bond motifs is 3. The van der Waals surface area contributed by atoms with Crippen molar-refractivity contribution < 1.29 is 17.6 Å². The fourth-order valence-electron chi connectivity index (χ4n) is 5.80. The molecule has 0 saturated carbocycles. The maximum atomic E-state index is 13.7. The van der Waals surface area contributed by atoms with Crippen molar-refractivity contribution in [3.8, 4) is 0 Å². The van der Waals surface area contributed by atoms with E-state index in [4.69, 9.17) is 10.7 Å². The number of aromatic nitrogens is 2. The second-order valence-electron chi connectivity index (χ2n) is 9.85. The maximum absolute atomic E-state index is 13.7. The fourth-order valence-corrected chi connectivity index (χ4v) is 5.80. The highest BCUT2D eigenvalue weighted by Crippen LogP contribution is 2.42. The van der Waals surface area contributed by atoms with E-state index >= 15 is 0 Å². The van der Waals surface area contributed by atoms with Crippen molar-refractivity contribution in [3.05, 3.63) is 59.0 Å². The van der Waals surface area contributed by atoms with E-state index in [1.807, 2.05) is 31.2 Å². The normalized spacial score (nSPS) is 23.7. The molecule has 2 aliphatic heterocycles. The third kappa shape index (κ3) is 4.76. The highest BCUT2D eigenvalue weighted by Gasteiger charge is 2.42. The van der Waals surface area contributed by atoms with Gasteiger partial charge in [0.25, 0.3) is 0 Å².